The fourth-order valence-corrected chi connectivity index (χ4v) is 7.07. The van der Waals surface area contributed by atoms with E-state index in [2.05, 4.69) is 73.2 Å². The molecule has 204 valence electrons. The van der Waals surface area contributed by atoms with E-state index < -0.39 is 5.60 Å². The monoisotopic (exact) mass is 542 g/mol. The lowest BCUT2D eigenvalue weighted by Gasteiger charge is -2.38. The van der Waals surface area contributed by atoms with E-state index in [1.807, 2.05) is 19.9 Å². The van der Waals surface area contributed by atoms with Crippen LogP contribution in [-0.2, 0) is 11.2 Å². The van der Waals surface area contributed by atoms with Crippen molar-refractivity contribution in [1.82, 2.24) is 15.1 Å². The second-order valence-electron chi connectivity index (χ2n) is 11.8. The first kappa shape index (κ1) is 26.2. The van der Waals surface area contributed by atoms with Crippen LogP contribution in [0.2, 0.25) is 0 Å². The van der Waals surface area contributed by atoms with Gasteiger partial charge in [-0.3, -0.25) is 14.8 Å². The average molecular weight is 543 g/mol. The first-order valence-corrected chi connectivity index (χ1v) is 15.1. The maximum atomic E-state index is 13.6. The number of benzene rings is 2. The van der Waals surface area contributed by atoms with E-state index >= 15 is 0 Å². The molecule has 2 N–H and O–H groups in total. The molecule has 0 spiro atoms. The van der Waals surface area contributed by atoms with E-state index in [4.69, 9.17) is 0 Å². The summed E-state index contributed by atoms with van der Waals surface area (Å²) in [6.45, 7) is 7.75. The van der Waals surface area contributed by atoms with Crippen molar-refractivity contribution in [2.45, 2.75) is 57.6 Å². The number of hydrogen-bond donors (Lipinski definition) is 2. The maximum absolute atomic E-state index is 13.6. The number of carbonyl (C=O) groups excluding carboxylic acids is 1. The van der Waals surface area contributed by atoms with Crippen LogP contribution < -0.4 is 4.90 Å². The van der Waals surface area contributed by atoms with Gasteiger partial charge >= 0.3 is 0 Å². The highest BCUT2D eigenvalue weighted by molar-refractivity contribution is 7.08. The van der Waals surface area contributed by atoms with Crippen LogP contribution in [0.25, 0.3) is 22.2 Å². The molecule has 6 nitrogen and oxygen atoms in total. The largest absolute Gasteiger partial charge is 0.390 e. The summed E-state index contributed by atoms with van der Waals surface area (Å²) >= 11 is 1.66. The van der Waals surface area contributed by atoms with Crippen LogP contribution in [0, 0.1) is 5.92 Å². The van der Waals surface area contributed by atoms with E-state index in [0.717, 1.165) is 85.1 Å². The normalized spacial score (nSPS) is 18.2. The third kappa shape index (κ3) is 5.53. The van der Waals surface area contributed by atoms with Gasteiger partial charge < -0.3 is 10.0 Å². The number of piperidine rings is 1. The van der Waals surface area contributed by atoms with E-state index in [0.29, 0.717) is 12.3 Å². The number of fused-ring (bicyclic) bond motifs is 1. The molecule has 4 heterocycles. The average Bonchev–Trinajstić information content (AvgIpc) is 3.72. The number of likely N-dealkylation sites (tertiary alicyclic amines) is 1. The quantitative estimate of drug-likeness (QED) is 0.276. The number of H-pyrrole nitrogens is 1. The zero-order chi connectivity index (χ0) is 27.0. The van der Waals surface area contributed by atoms with Crippen LogP contribution in [0.1, 0.15) is 56.7 Å². The van der Waals surface area contributed by atoms with E-state index in [9.17, 15) is 9.90 Å². The minimum absolute atomic E-state index is 0.153. The second kappa shape index (κ2) is 10.9. The molecular weight excluding hydrogens is 504 g/mol. The highest BCUT2D eigenvalue weighted by Gasteiger charge is 2.31. The van der Waals surface area contributed by atoms with Crippen molar-refractivity contribution in [1.29, 1.82) is 0 Å². The summed E-state index contributed by atoms with van der Waals surface area (Å²) in [5, 5.41) is 23.4. The molecule has 2 aliphatic rings. The number of carbonyl (C=O) groups is 1. The summed E-state index contributed by atoms with van der Waals surface area (Å²) in [5.41, 5.74) is 5.71. The second-order valence-corrected chi connectivity index (χ2v) is 12.5. The molecule has 2 aromatic carbocycles. The number of anilines is 1. The first-order chi connectivity index (χ1) is 18.9. The summed E-state index contributed by atoms with van der Waals surface area (Å²) < 4.78 is 0. The van der Waals surface area contributed by atoms with Crippen LogP contribution in [-0.4, -0.2) is 57.8 Å². The van der Waals surface area contributed by atoms with Crippen molar-refractivity contribution in [3.05, 3.63) is 70.4 Å². The summed E-state index contributed by atoms with van der Waals surface area (Å²) in [4.78, 5) is 18.4. The fourth-order valence-electron chi connectivity index (χ4n) is 6.39. The Morgan fingerprint density at radius 1 is 1.08 bits per heavy atom. The van der Waals surface area contributed by atoms with Gasteiger partial charge in [-0.2, -0.15) is 16.4 Å². The molecule has 0 aliphatic carbocycles. The van der Waals surface area contributed by atoms with Crippen molar-refractivity contribution in [3.8, 4) is 11.3 Å². The number of hydrogen-bond acceptors (Lipinski definition) is 6. The Kier molecular flexibility index (Phi) is 7.31. The topological polar surface area (TPSA) is 72.5 Å². The molecule has 0 amide bonds. The predicted octanol–water partition coefficient (Wildman–Crippen LogP) is 6.23. The zero-order valence-corrected chi connectivity index (χ0v) is 23.7. The first-order valence-electron chi connectivity index (χ1n) is 14.2. The maximum Gasteiger partial charge on any atom is 0.158 e. The number of Topliss-reactive ketones (excluding diaryl/α,β-unsaturated/α-hetero) is 1. The molecule has 0 bridgehead atoms. The summed E-state index contributed by atoms with van der Waals surface area (Å²) in [6, 6.07) is 16.8. The van der Waals surface area contributed by atoms with Crippen molar-refractivity contribution in [2.75, 3.05) is 31.1 Å². The molecular formula is C32H38N4O2S. The number of aromatic nitrogens is 2. The number of nitrogens with zero attached hydrogens (tertiary/aromatic N) is 3. The lowest BCUT2D eigenvalue weighted by Crippen LogP contribution is -2.41. The van der Waals surface area contributed by atoms with E-state index in [-0.39, 0.29) is 11.8 Å². The van der Waals surface area contributed by atoms with Crippen LogP contribution in [0.5, 0.6) is 0 Å². The molecule has 7 heteroatoms. The third-order valence-electron chi connectivity index (χ3n) is 8.68. The highest BCUT2D eigenvalue weighted by atomic mass is 32.1. The van der Waals surface area contributed by atoms with Crippen molar-refractivity contribution < 1.29 is 9.90 Å². The Morgan fingerprint density at radius 2 is 1.82 bits per heavy atom. The van der Waals surface area contributed by atoms with Gasteiger partial charge in [-0.15, -0.1) is 0 Å². The number of rotatable bonds is 8. The van der Waals surface area contributed by atoms with E-state index in [1.54, 1.807) is 11.3 Å². The molecule has 0 saturated carbocycles. The van der Waals surface area contributed by atoms with Crippen LogP contribution >= 0.6 is 11.3 Å². The Morgan fingerprint density at radius 3 is 2.49 bits per heavy atom. The summed E-state index contributed by atoms with van der Waals surface area (Å²) in [6.07, 6.45) is 4.74. The van der Waals surface area contributed by atoms with Gasteiger partial charge in [0.05, 0.1) is 22.9 Å². The van der Waals surface area contributed by atoms with Crippen LogP contribution in [0.15, 0.2) is 59.3 Å². The Hall–Kier alpha value is -3.00. The SMILES string of the molecule is CC(C)(O)C1CCN(c2ccc(-c3n[nH]c4ccc(CC(=O)C(c5ccsc5)N5CCCC5)cc34)cc2)CC1. The summed E-state index contributed by atoms with van der Waals surface area (Å²) in [5.74, 6) is 0.609. The van der Waals surface area contributed by atoms with E-state index in [1.165, 1.54) is 5.69 Å². The fraction of sp³-hybridized carbons (Fsp3) is 0.438. The minimum Gasteiger partial charge on any atom is -0.390 e. The van der Waals surface area contributed by atoms with Gasteiger partial charge in [0.15, 0.2) is 5.78 Å². The van der Waals surface area contributed by atoms with Gasteiger partial charge in [0.2, 0.25) is 0 Å². The highest BCUT2D eigenvalue weighted by Crippen LogP contribution is 2.33. The Labute approximate surface area is 234 Å². The lowest BCUT2D eigenvalue weighted by atomic mass is 9.83. The van der Waals surface area contributed by atoms with Gasteiger partial charge in [-0.05, 0) is 111 Å². The lowest BCUT2D eigenvalue weighted by molar-refractivity contribution is -0.123. The van der Waals surface area contributed by atoms with Crippen molar-refractivity contribution in [2.24, 2.45) is 5.92 Å². The standard InChI is InChI=1S/C32H38N4O2S/c1-32(2,38)25-11-16-35(17-12-25)26-8-6-23(7-9-26)30-27-19-22(5-10-28(27)33-34-30)20-29(37)31(24-13-18-39-21-24)36-14-3-4-15-36/h5-10,13,18-19,21,25,31,38H,3-4,11-12,14-17,20H2,1-2H3,(H,33,34). The number of aromatic amines is 1. The molecule has 6 rings (SSSR count). The van der Waals surface area contributed by atoms with Gasteiger partial charge in [-0.1, -0.05) is 18.2 Å². The van der Waals surface area contributed by atoms with Gasteiger partial charge in [-0.25, -0.2) is 0 Å². The number of thiophene rings is 1. The van der Waals surface area contributed by atoms with Gasteiger partial charge in [0.1, 0.15) is 0 Å². The molecule has 2 saturated heterocycles. The molecule has 0 radical (unpaired) electrons. The molecule has 39 heavy (non-hydrogen) atoms. The molecule has 2 aromatic heterocycles. The summed E-state index contributed by atoms with van der Waals surface area (Å²) in [7, 11) is 0. The van der Waals surface area contributed by atoms with Gasteiger partial charge in [0, 0.05) is 36.1 Å². The number of aliphatic hydroxyl groups is 1. The molecule has 1 unspecified atom stereocenters. The molecule has 2 fully saturated rings. The van der Waals surface area contributed by atoms with Crippen molar-refractivity contribution in [3.63, 3.8) is 0 Å². The molecule has 1 atom stereocenters. The minimum atomic E-state index is -0.612. The van der Waals surface area contributed by atoms with Crippen LogP contribution in [0.4, 0.5) is 5.69 Å². The molecule has 2 aliphatic heterocycles. The number of nitrogens with one attached hydrogen (secondary N) is 1. The number of ketones is 1. The van der Waals surface area contributed by atoms with Crippen LogP contribution in [0.3, 0.4) is 0 Å². The predicted molar refractivity (Wildman–Crippen MR) is 159 cm³/mol. The van der Waals surface area contributed by atoms with Crippen molar-refractivity contribution >= 4 is 33.7 Å². The zero-order valence-electron chi connectivity index (χ0n) is 22.9. The van der Waals surface area contributed by atoms with Gasteiger partial charge in [0.25, 0.3) is 0 Å². The smallest absolute Gasteiger partial charge is 0.158 e. The Balaban J connectivity index is 1.19. The third-order valence-corrected chi connectivity index (χ3v) is 9.38. The Bertz CT molecular complexity index is 1410. The molecule has 4 aromatic rings.